The van der Waals surface area contributed by atoms with Crippen LogP contribution < -0.4 is 27.0 Å². The predicted molar refractivity (Wildman–Crippen MR) is 175 cm³/mol. The van der Waals surface area contributed by atoms with E-state index in [9.17, 15) is 51.5 Å². The molecule has 0 spiro atoms. The van der Waals surface area contributed by atoms with Gasteiger partial charge in [-0.15, -0.1) is 0 Å². The minimum Gasteiger partial charge on any atom is -0.480 e. The summed E-state index contributed by atoms with van der Waals surface area (Å²) in [5, 5.41) is 18.5. The molecule has 1 aromatic carbocycles. The van der Waals surface area contributed by atoms with Gasteiger partial charge in [0.1, 0.15) is 12.1 Å². The lowest BCUT2D eigenvalue weighted by Crippen LogP contribution is -2.47. The van der Waals surface area contributed by atoms with Gasteiger partial charge in [0.25, 0.3) is 5.91 Å². The number of nitrogens with one attached hydrogen (secondary N) is 4. The number of benzene rings is 1. The smallest absolute Gasteiger partial charge is 0.417 e. The molecule has 2 atom stereocenters. The Morgan fingerprint density at radius 2 is 1.69 bits per heavy atom. The summed E-state index contributed by atoms with van der Waals surface area (Å²) in [4.78, 5) is 99.3. The van der Waals surface area contributed by atoms with Crippen LogP contribution in [-0.2, 0) is 34.9 Å². The first-order chi connectivity index (χ1) is 23.6. The topological polar surface area (TPSA) is 237 Å². The van der Waals surface area contributed by atoms with Crippen molar-refractivity contribution >= 4 is 53.1 Å². The SMILES string of the molecule is C[C@@H](C(=O)O)N(C)C(=O)c1ccc(NC(=O)C(CCCNC(N)=O)NC(=O)CNC(=O)CCCCCN2C(=O)CC(C)(C)C2=O)cc1C(F)(F)F. The van der Waals surface area contributed by atoms with Gasteiger partial charge in [0.05, 0.1) is 23.1 Å². The van der Waals surface area contributed by atoms with E-state index in [0.717, 1.165) is 26.1 Å². The van der Waals surface area contributed by atoms with Crippen LogP contribution >= 0.6 is 0 Å². The molecule has 51 heavy (non-hydrogen) atoms. The number of hydrogen-bond donors (Lipinski definition) is 6. The molecular formula is C32H44F3N7O9. The second-order valence-electron chi connectivity index (χ2n) is 12.7. The zero-order chi connectivity index (χ0) is 38.7. The molecule has 16 nitrogen and oxygen atoms in total. The lowest BCUT2D eigenvalue weighted by atomic mass is 9.92. The molecule has 0 bridgehead atoms. The highest BCUT2D eigenvalue weighted by atomic mass is 19.4. The molecule has 0 aromatic heterocycles. The van der Waals surface area contributed by atoms with Gasteiger partial charge in [-0.05, 0) is 50.8 Å². The lowest BCUT2D eigenvalue weighted by molar-refractivity contribution is -0.142. The number of hydrogen-bond acceptors (Lipinski definition) is 8. The number of unbranched alkanes of at least 4 members (excludes halogenated alkanes) is 2. The molecule has 8 amide bonds. The number of nitrogens with zero attached hydrogens (tertiary/aromatic N) is 2. The van der Waals surface area contributed by atoms with Gasteiger partial charge in [0.15, 0.2) is 0 Å². The van der Waals surface area contributed by atoms with Crippen LogP contribution in [0.5, 0.6) is 0 Å². The monoisotopic (exact) mass is 727 g/mol. The number of primary amides is 1. The van der Waals surface area contributed by atoms with Crippen LogP contribution in [-0.4, -0.2) is 101 Å². The van der Waals surface area contributed by atoms with Gasteiger partial charge in [-0.1, -0.05) is 20.3 Å². The summed E-state index contributed by atoms with van der Waals surface area (Å²) in [6.07, 6.45) is -3.46. The van der Waals surface area contributed by atoms with E-state index in [1.807, 2.05) is 0 Å². The lowest BCUT2D eigenvalue weighted by Gasteiger charge is -2.24. The van der Waals surface area contributed by atoms with Gasteiger partial charge in [-0.3, -0.25) is 33.7 Å². The first-order valence-corrected chi connectivity index (χ1v) is 16.1. The number of halogens is 3. The van der Waals surface area contributed by atoms with Crippen molar-refractivity contribution in [2.24, 2.45) is 11.1 Å². The first kappa shape index (κ1) is 41.9. The van der Waals surface area contributed by atoms with Crippen LogP contribution in [0, 0.1) is 5.41 Å². The van der Waals surface area contributed by atoms with Crippen molar-refractivity contribution in [3.8, 4) is 0 Å². The third-order valence-electron chi connectivity index (χ3n) is 8.15. The number of carboxylic acids is 1. The van der Waals surface area contributed by atoms with Crippen LogP contribution in [0.1, 0.15) is 81.6 Å². The Hall–Kier alpha value is -5.23. The first-order valence-electron chi connectivity index (χ1n) is 16.1. The van der Waals surface area contributed by atoms with E-state index in [-0.39, 0.29) is 56.3 Å². The Kier molecular flexibility index (Phi) is 14.9. The minimum absolute atomic E-state index is 0.000868. The van der Waals surface area contributed by atoms with E-state index in [0.29, 0.717) is 30.2 Å². The molecule has 2 rings (SSSR count). The molecule has 282 valence electrons. The van der Waals surface area contributed by atoms with Crippen molar-refractivity contribution in [1.82, 2.24) is 25.8 Å². The summed E-state index contributed by atoms with van der Waals surface area (Å²) < 4.78 is 41.9. The van der Waals surface area contributed by atoms with Crippen molar-refractivity contribution in [3.63, 3.8) is 0 Å². The summed E-state index contributed by atoms with van der Waals surface area (Å²) in [6, 6.07) is -1.33. The van der Waals surface area contributed by atoms with Crippen LogP contribution in [0.15, 0.2) is 18.2 Å². The summed E-state index contributed by atoms with van der Waals surface area (Å²) in [5.41, 5.74) is 1.63. The molecule has 1 aliphatic rings. The standard InChI is InChI=1S/C32H44F3N7O9/c1-18(28(48)49)41(4)27(47)20-12-11-19(15-21(20)32(33,34)35)39-26(46)22(9-8-13-37-30(36)51)40-24(44)17-38-23(43)10-6-5-7-14-42-25(45)16-31(2,3)29(42)50/h11-12,15,18,22H,5-10,13-14,16-17H2,1-4H3,(H,38,43)(H,39,46)(H,40,44)(H,48,49)(H3,36,37,51)/t18-,22?/m0/s1. The quantitative estimate of drug-likeness (QED) is 0.0950. The highest BCUT2D eigenvalue weighted by molar-refractivity contribution is 6.05. The Labute approximate surface area is 292 Å². The summed E-state index contributed by atoms with van der Waals surface area (Å²) in [7, 11) is 1.03. The highest BCUT2D eigenvalue weighted by Gasteiger charge is 2.44. The van der Waals surface area contributed by atoms with Gasteiger partial charge in [-0.2, -0.15) is 13.2 Å². The van der Waals surface area contributed by atoms with E-state index in [1.165, 1.54) is 4.90 Å². The fraction of sp³-hybridized carbons (Fsp3) is 0.562. The zero-order valence-corrected chi connectivity index (χ0v) is 28.8. The summed E-state index contributed by atoms with van der Waals surface area (Å²) in [5.74, 6) is -5.36. The number of rotatable bonds is 18. The molecule has 1 unspecified atom stereocenters. The summed E-state index contributed by atoms with van der Waals surface area (Å²) >= 11 is 0. The fourth-order valence-corrected chi connectivity index (χ4v) is 5.09. The molecule has 1 saturated heterocycles. The third kappa shape index (κ3) is 12.6. The molecule has 0 saturated carbocycles. The van der Waals surface area contributed by atoms with Gasteiger partial charge >= 0.3 is 18.2 Å². The maximum atomic E-state index is 14.0. The number of urea groups is 1. The highest BCUT2D eigenvalue weighted by Crippen LogP contribution is 2.35. The minimum atomic E-state index is -5.07. The van der Waals surface area contributed by atoms with E-state index in [1.54, 1.807) is 13.8 Å². The molecule has 1 aliphatic heterocycles. The average molecular weight is 728 g/mol. The third-order valence-corrected chi connectivity index (χ3v) is 8.15. The number of likely N-dealkylation sites (tertiary alicyclic amines) is 1. The van der Waals surface area contributed by atoms with Crippen molar-refractivity contribution in [1.29, 1.82) is 0 Å². The number of imide groups is 1. The number of carboxylic acid groups (broad SMARTS) is 1. The number of anilines is 1. The number of nitrogens with two attached hydrogens (primary N) is 1. The Morgan fingerprint density at radius 1 is 1.02 bits per heavy atom. The number of alkyl halides is 3. The molecule has 19 heteroatoms. The van der Waals surface area contributed by atoms with E-state index < -0.39 is 77.0 Å². The van der Waals surface area contributed by atoms with Crippen LogP contribution in [0.25, 0.3) is 0 Å². The van der Waals surface area contributed by atoms with Crippen LogP contribution in [0.3, 0.4) is 0 Å². The normalized spacial score (nSPS) is 15.1. The van der Waals surface area contributed by atoms with Crippen molar-refractivity contribution in [3.05, 3.63) is 29.3 Å². The maximum absolute atomic E-state index is 14.0. The van der Waals surface area contributed by atoms with Gasteiger partial charge in [0.2, 0.25) is 29.5 Å². The number of aliphatic carboxylic acids is 1. The number of carbonyl (C=O) groups excluding carboxylic acids is 7. The van der Waals surface area contributed by atoms with E-state index in [4.69, 9.17) is 10.8 Å². The van der Waals surface area contributed by atoms with Crippen LogP contribution in [0.4, 0.5) is 23.7 Å². The second kappa shape index (κ2) is 18.1. The number of amides is 8. The second-order valence-corrected chi connectivity index (χ2v) is 12.7. The van der Waals surface area contributed by atoms with Gasteiger partial charge < -0.3 is 37.0 Å². The Morgan fingerprint density at radius 3 is 2.25 bits per heavy atom. The average Bonchev–Trinajstić information content (AvgIpc) is 3.24. The van der Waals surface area contributed by atoms with E-state index >= 15 is 0 Å². The zero-order valence-electron chi connectivity index (χ0n) is 28.8. The largest absolute Gasteiger partial charge is 0.480 e. The maximum Gasteiger partial charge on any atom is 0.417 e. The molecule has 7 N–H and O–H groups in total. The predicted octanol–water partition coefficient (Wildman–Crippen LogP) is 1.58. The van der Waals surface area contributed by atoms with Gasteiger partial charge in [0, 0.05) is 38.7 Å². The molecule has 0 radical (unpaired) electrons. The molecule has 1 heterocycles. The number of likely N-dealkylation sites (N-methyl/N-ethyl adjacent to an activating group) is 1. The Balaban J connectivity index is 2.01. The van der Waals surface area contributed by atoms with Crippen molar-refractivity contribution in [2.75, 3.05) is 32.0 Å². The Bertz CT molecular complexity index is 1520. The van der Waals surface area contributed by atoms with E-state index in [2.05, 4.69) is 21.3 Å². The molecule has 1 fully saturated rings. The van der Waals surface area contributed by atoms with Gasteiger partial charge in [-0.25, -0.2) is 9.59 Å². The van der Waals surface area contributed by atoms with Crippen molar-refractivity contribution < 1.29 is 56.6 Å². The molecular weight excluding hydrogens is 683 g/mol. The molecule has 0 aliphatic carbocycles. The summed E-state index contributed by atoms with van der Waals surface area (Å²) in [6.45, 7) is 4.23. The fourth-order valence-electron chi connectivity index (χ4n) is 5.09. The molecule has 1 aromatic rings. The van der Waals surface area contributed by atoms with Crippen molar-refractivity contribution in [2.45, 2.75) is 84.0 Å². The van der Waals surface area contributed by atoms with Crippen LogP contribution in [0.2, 0.25) is 0 Å². The number of carbonyl (C=O) groups is 8.